The van der Waals surface area contributed by atoms with E-state index < -0.39 is 19.8 Å². The van der Waals surface area contributed by atoms with Gasteiger partial charge in [-0.1, -0.05) is 90.5 Å². The lowest BCUT2D eigenvalue weighted by molar-refractivity contribution is -0.0436. The van der Waals surface area contributed by atoms with E-state index in [2.05, 4.69) is 69.0 Å². The lowest BCUT2D eigenvalue weighted by Crippen LogP contribution is -2.52. The average Bonchev–Trinajstić information content (AvgIpc) is 2.79. The number of benzene rings is 3. The minimum Gasteiger partial charge on any atom is -0.410 e. The molecule has 0 heterocycles. The lowest BCUT2D eigenvalue weighted by atomic mass is 9.70. The summed E-state index contributed by atoms with van der Waals surface area (Å²) in [6.45, 7) is 11.0. The summed E-state index contributed by atoms with van der Waals surface area (Å²) in [6.07, 6.45) is -0.768. The second kappa shape index (κ2) is 10.3. The molecule has 0 aliphatic carbocycles. The van der Waals surface area contributed by atoms with E-state index in [-0.39, 0.29) is 6.10 Å². The van der Waals surface area contributed by atoms with Crippen LogP contribution in [0.1, 0.15) is 29.2 Å². The van der Waals surface area contributed by atoms with Crippen LogP contribution in [-0.4, -0.2) is 20.5 Å². The fraction of sp³-hybridized carbons (Fsp3) is 0.321. The smallest absolute Gasteiger partial charge is 0.184 e. The number of hydrogen-bond donors (Lipinski definition) is 0. The van der Waals surface area contributed by atoms with Gasteiger partial charge in [-0.2, -0.15) is 5.26 Å². The van der Waals surface area contributed by atoms with E-state index in [9.17, 15) is 5.26 Å². The van der Waals surface area contributed by atoms with Crippen LogP contribution < -0.4 is 0 Å². The van der Waals surface area contributed by atoms with Gasteiger partial charge >= 0.3 is 0 Å². The van der Waals surface area contributed by atoms with Crippen molar-refractivity contribution in [1.29, 1.82) is 5.26 Å². The van der Waals surface area contributed by atoms with E-state index in [1.54, 1.807) is 0 Å². The maximum Gasteiger partial charge on any atom is 0.184 e. The highest BCUT2D eigenvalue weighted by Crippen LogP contribution is 2.40. The number of ether oxygens (including phenoxy) is 1. The van der Waals surface area contributed by atoms with Crippen molar-refractivity contribution in [2.75, 3.05) is 0 Å². The largest absolute Gasteiger partial charge is 0.410 e. The van der Waals surface area contributed by atoms with E-state index in [0.29, 0.717) is 6.61 Å². The quantitative estimate of drug-likeness (QED) is 0.349. The lowest BCUT2D eigenvalue weighted by Gasteiger charge is -2.42. The van der Waals surface area contributed by atoms with Gasteiger partial charge in [-0.25, -0.2) is 0 Å². The molecule has 0 saturated heterocycles. The summed E-state index contributed by atoms with van der Waals surface area (Å²) >= 11 is 0. The van der Waals surface area contributed by atoms with Gasteiger partial charge in [-0.15, -0.1) is 0 Å². The Morgan fingerprint density at radius 1 is 0.844 bits per heavy atom. The number of nitriles is 1. The Bertz CT molecular complexity index is 1020. The number of hydrogen-bond acceptors (Lipinski definition) is 3. The second-order valence-corrected chi connectivity index (χ2v) is 13.8. The maximum atomic E-state index is 10.8. The first-order valence-corrected chi connectivity index (χ1v) is 14.5. The normalized spacial score (nSPS) is 15.4. The molecular weight excluding hydrogens is 410 g/mol. The number of nitrogens with zero attached hydrogens (tertiary/aromatic N) is 1. The molecule has 3 atom stereocenters. The van der Waals surface area contributed by atoms with E-state index in [4.69, 9.17) is 9.16 Å². The van der Waals surface area contributed by atoms with Crippen LogP contribution in [0.15, 0.2) is 84.9 Å². The first-order valence-electron chi connectivity index (χ1n) is 11.1. The molecule has 3 aromatic carbocycles. The van der Waals surface area contributed by atoms with Gasteiger partial charge in [-0.3, -0.25) is 0 Å². The van der Waals surface area contributed by atoms with Crippen LogP contribution in [0.3, 0.4) is 0 Å². The molecule has 0 aromatic heterocycles. The fourth-order valence-corrected chi connectivity index (χ4v) is 5.14. The molecule has 0 unspecified atom stereocenters. The van der Waals surface area contributed by atoms with Crippen molar-refractivity contribution in [2.45, 2.75) is 57.7 Å². The van der Waals surface area contributed by atoms with Crippen molar-refractivity contribution in [3.05, 3.63) is 107 Å². The second-order valence-electron chi connectivity index (χ2n) is 9.30. The zero-order valence-corrected chi connectivity index (χ0v) is 20.7. The van der Waals surface area contributed by atoms with Crippen molar-refractivity contribution >= 4 is 8.32 Å². The summed E-state index contributed by atoms with van der Waals surface area (Å²) in [6, 6.07) is 31.0. The van der Waals surface area contributed by atoms with Gasteiger partial charge < -0.3 is 9.16 Å². The van der Waals surface area contributed by atoms with Crippen LogP contribution in [0.5, 0.6) is 0 Å². The van der Waals surface area contributed by atoms with Gasteiger partial charge in [0.05, 0.1) is 24.9 Å². The summed E-state index contributed by atoms with van der Waals surface area (Å²) < 4.78 is 13.1. The Balaban J connectivity index is 2.10. The van der Waals surface area contributed by atoms with Crippen molar-refractivity contribution < 1.29 is 9.16 Å². The molecule has 0 N–H and O–H groups in total. The summed E-state index contributed by atoms with van der Waals surface area (Å²) in [5, 5.41) is 10.8. The molecular formula is C28H33NO2Si. The predicted molar refractivity (Wildman–Crippen MR) is 133 cm³/mol. The van der Waals surface area contributed by atoms with Gasteiger partial charge in [0.25, 0.3) is 0 Å². The Hall–Kier alpha value is -2.71. The molecule has 0 fully saturated rings. The van der Waals surface area contributed by atoms with Gasteiger partial charge in [0.2, 0.25) is 0 Å². The van der Waals surface area contributed by atoms with Crippen LogP contribution in [0, 0.1) is 18.3 Å². The maximum absolute atomic E-state index is 10.8. The standard InChI is InChI=1S/C28H33NO2Si/c1-22-16-18-26(19-17-22)28(21-29,25-14-10-7-11-15-25)27(31-32(3,4)5)23(2)30-20-24-12-8-6-9-13-24/h6-19,23,27H,20H2,1-5H3/t23-,27+,28-/m0/s1. The van der Waals surface area contributed by atoms with Crippen LogP contribution in [0.25, 0.3) is 0 Å². The minimum atomic E-state index is -2.03. The van der Waals surface area contributed by atoms with E-state index in [0.717, 1.165) is 22.3 Å². The molecule has 3 aromatic rings. The number of aryl methyl sites for hydroxylation is 1. The Morgan fingerprint density at radius 3 is 1.91 bits per heavy atom. The molecule has 0 aliphatic heterocycles. The van der Waals surface area contributed by atoms with Gasteiger partial charge in [0.1, 0.15) is 5.41 Å². The minimum absolute atomic E-state index is 0.303. The molecule has 0 bridgehead atoms. The molecule has 0 radical (unpaired) electrons. The first kappa shape index (κ1) is 23.9. The zero-order valence-electron chi connectivity index (χ0n) is 19.7. The van der Waals surface area contributed by atoms with E-state index >= 15 is 0 Å². The fourth-order valence-electron chi connectivity index (χ4n) is 4.01. The molecule has 4 heteroatoms. The van der Waals surface area contributed by atoms with E-state index in [1.165, 1.54) is 0 Å². The molecule has 166 valence electrons. The SMILES string of the molecule is Cc1ccc([C@](C#N)(c2ccccc2)[C@H](O[Si](C)(C)C)[C@H](C)OCc2ccccc2)cc1. The molecule has 0 spiro atoms. The molecule has 3 nitrogen and oxygen atoms in total. The van der Waals surface area contributed by atoms with Crippen molar-refractivity contribution in [3.63, 3.8) is 0 Å². The Morgan fingerprint density at radius 2 is 1.38 bits per heavy atom. The average molecular weight is 444 g/mol. The summed E-state index contributed by atoms with van der Waals surface area (Å²) in [4.78, 5) is 0. The molecule has 3 rings (SSSR count). The third-order valence-electron chi connectivity index (χ3n) is 5.60. The van der Waals surface area contributed by atoms with Crippen LogP contribution in [0.4, 0.5) is 0 Å². The highest BCUT2D eigenvalue weighted by atomic mass is 28.4. The van der Waals surface area contributed by atoms with Crippen LogP contribution in [0.2, 0.25) is 19.6 Å². The van der Waals surface area contributed by atoms with Gasteiger partial charge in [-0.05, 0) is 50.2 Å². The van der Waals surface area contributed by atoms with Gasteiger partial charge in [0.15, 0.2) is 8.32 Å². The van der Waals surface area contributed by atoms with Crippen molar-refractivity contribution in [2.24, 2.45) is 0 Å². The zero-order chi connectivity index (χ0) is 23.2. The Kier molecular flexibility index (Phi) is 7.68. The van der Waals surface area contributed by atoms with E-state index in [1.807, 2.05) is 55.5 Å². The molecule has 0 amide bonds. The van der Waals surface area contributed by atoms with Crippen molar-refractivity contribution in [1.82, 2.24) is 0 Å². The first-order chi connectivity index (χ1) is 15.3. The summed E-state index contributed by atoms with van der Waals surface area (Å²) in [5.74, 6) is 0. The molecule has 0 saturated carbocycles. The highest BCUT2D eigenvalue weighted by Gasteiger charge is 2.48. The molecule has 0 aliphatic rings. The molecule has 32 heavy (non-hydrogen) atoms. The summed E-state index contributed by atoms with van der Waals surface area (Å²) in [7, 11) is -2.03. The predicted octanol–water partition coefficient (Wildman–Crippen LogP) is 6.63. The van der Waals surface area contributed by atoms with Gasteiger partial charge in [0, 0.05) is 0 Å². The Labute approximate surface area is 193 Å². The topological polar surface area (TPSA) is 42.2 Å². The van der Waals surface area contributed by atoms with Crippen molar-refractivity contribution in [3.8, 4) is 6.07 Å². The third kappa shape index (κ3) is 5.55. The monoisotopic (exact) mass is 443 g/mol. The summed E-state index contributed by atoms with van der Waals surface area (Å²) in [5.41, 5.74) is 3.11. The third-order valence-corrected chi connectivity index (χ3v) is 6.56. The van der Waals surface area contributed by atoms with Crippen LogP contribution in [-0.2, 0) is 21.2 Å². The highest BCUT2D eigenvalue weighted by molar-refractivity contribution is 6.69. The van der Waals surface area contributed by atoms with Crippen LogP contribution >= 0.6 is 0 Å². The number of rotatable bonds is 9.